The molecule has 0 aliphatic carbocycles. The Balaban J connectivity index is 3.01. The van der Waals surface area contributed by atoms with Gasteiger partial charge >= 0.3 is 6.18 Å². The minimum atomic E-state index is -4.71. The van der Waals surface area contributed by atoms with Gasteiger partial charge in [-0.3, -0.25) is 9.78 Å². The van der Waals surface area contributed by atoms with E-state index in [9.17, 15) is 18.0 Å². The Hall–Kier alpha value is -1.17. The molecule has 0 aromatic carbocycles. The number of allylic oxidation sites excluding steroid dienone is 1. The lowest BCUT2D eigenvalue weighted by Crippen LogP contribution is -2.19. The lowest BCUT2D eigenvalue weighted by atomic mass is 10.1. The zero-order chi connectivity index (χ0) is 11.6. The summed E-state index contributed by atoms with van der Waals surface area (Å²) in [5.74, 6) is -1.17. The van der Waals surface area contributed by atoms with Crippen LogP contribution in [0.3, 0.4) is 0 Å². The number of hydrogen-bond donors (Lipinski definition) is 0. The van der Waals surface area contributed by atoms with E-state index in [1.54, 1.807) is 0 Å². The Morgan fingerprint density at radius 3 is 2.47 bits per heavy atom. The summed E-state index contributed by atoms with van der Waals surface area (Å²) < 4.78 is 36.8. The van der Waals surface area contributed by atoms with Crippen LogP contribution in [0.4, 0.5) is 13.2 Å². The average molecular weight is 280 g/mol. The molecule has 0 unspecified atom stereocenters. The van der Waals surface area contributed by atoms with Gasteiger partial charge < -0.3 is 0 Å². The Bertz CT molecular complexity index is 414. The van der Waals surface area contributed by atoms with E-state index in [0.29, 0.717) is 4.47 Å². The van der Waals surface area contributed by atoms with Crippen molar-refractivity contribution in [3.8, 4) is 0 Å². The Morgan fingerprint density at radius 1 is 1.40 bits per heavy atom. The maximum atomic E-state index is 12.1. The van der Waals surface area contributed by atoms with Crippen molar-refractivity contribution < 1.29 is 18.0 Å². The first-order valence-electron chi connectivity index (χ1n) is 3.73. The van der Waals surface area contributed by atoms with Gasteiger partial charge in [0.25, 0.3) is 0 Å². The zero-order valence-corrected chi connectivity index (χ0v) is 8.89. The number of alkyl halides is 3. The Morgan fingerprint density at radius 2 is 2.00 bits per heavy atom. The maximum absolute atomic E-state index is 12.1. The lowest BCUT2D eigenvalue weighted by molar-refractivity contribution is -0.0883. The third kappa shape index (κ3) is 2.89. The molecule has 1 rings (SSSR count). The Labute approximate surface area is 91.9 Å². The molecule has 0 spiro atoms. The number of Topliss-reactive ketones (excluding diaryl/α,β-unsaturated/α-hetero) is 1. The molecule has 1 aromatic heterocycles. The third-order valence-electron chi connectivity index (χ3n) is 1.58. The molecule has 1 heterocycles. The van der Waals surface area contributed by atoms with E-state index in [2.05, 4.69) is 27.5 Å². The number of ketones is 1. The van der Waals surface area contributed by atoms with Crippen molar-refractivity contribution in [2.24, 2.45) is 0 Å². The van der Waals surface area contributed by atoms with Crippen molar-refractivity contribution in [2.75, 3.05) is 0 Å². The van der Waals surface area contributed by atoms with Crippen molar-refractivity contribution in [3.05, 3.63) is 40.6 Å². The predicted octanol–water partition coefficient (Wildman–Crippen LogP) is 3.15. The third-order valence-corrected chi connectivity index (χ3v) is 2.02. The number of carbonyl (C=O) groups is 1. The number of nitrogens with zero attached hydrogens (tertiary/aromatic N) is 1. The summed E-state index contributed by atoms with van der Waals surface area (Å²) in [6.45, 7) is 2.71. The van der Waals surface area contributed by atoms with Gasteiger partial charge in [-0.15, -0.1) is 0 Å². The number of carbonyl (C=O) groups excluding carboxylic acids is 1. The molecule has 0 aliphatic rings. The first-order chi connectivity index (χ1) is 6.82. The molecule has 0 saturated heterocycles. The van der Waals surface area contributed by atoms with Crippen molar-refractivity contribution in [2.45, 2.75) is 6.18 Å². The largest absolute Gasteiger partial charge is 0.419 e. The molecule has 1 aromatic rings. The molecule has 0 N–H and O–H groups in total. The van der Waals surface area contributed by atoms with Crippen molar-refractivity contribution >= 4 is 21.7 Å². The van der Waals surface area contributed by atoms with Gasteiger partial charge in [-0.05, 0) is 22.0 Å². The van der Waals surface area contributed by atoms with Crippen LogP contribution in [-0.2, 0) is 0 Å². The summed E-state index contributed by atoms with van der Waals surface area (Å²) in [6.07, 6.45) is -2.28. The Kier molecular flexibility index (Phi) is 3.28. The minimum Gasteiger partial charge on any atom is -0.289 e. The minimum absolute atomic E-state index is 0.147. The van der Waals surface area contributed by atoms with Crippen molar-refractivity contribution in [1.82, 2.24) is 4.98 Å². The number of aromatic nitrogens is 1. The zero-order valence-electron chi connectivity index (χ0n) is 7.31. The van der Waals surface area contributed by atoms with E-state index in [4.69, 9.17) is 0 Å². The summed E-state index contributed by atoms with van der Waals surface area (Å²) >= 11 is 3.00. The topological polar surface area (TPSA) is 30.0 Å². The normalized spacial score (nSPS) is 11.2. The van der Waals surface area contributed by atoms with Gasteiger partial charge in [0.1, 0.15) is 0 Å². The van der Waals surface area contributed by atoms with E-state index < -0.39 is 17.5 Å². The second-order valence-corrected chi connectivity index (χ2v) is 3.61. The quantitative estimate of drug-likeness (QED) is 0.615. The maximum Gasteiger partial charge on any atom is 0.419 e. The fourth-order valence-corrected chi connectivity index (χ4v) is 1.20. The molecule has 0 aliphatic heterocycles. The second kappa shape index (κ2) is 4.14. The number of hydrogen-bond acceptors (Lipinski definition) is 2. The molecule has 6 heteroatoms. The van der Waals surface area contributed by atoms with Crippen LogP contribution in [0.25, 0.3) is 0 Å². The molecule has 2 nitrogen and oxygen atoms in total. The SMILES string of the molecule is C=C(C(=O)c1cncc(Br)c1)C(F)(F)F. The van der Waals surface area contributed by atoms with Crippen LogP contribution in [0.15, 0.2) is 35.1 Å². The first kappa shape index (κ1) is 11.9. The fourth-order valence-electron chi connectivity index (χ4n) is 0.839. The second-order valence-electron chi connectivity index (χ2n) is 2.70. The van der Waals surface area contributed by atoms with Gasteiger partial charge in [-0.25, -0.2) is 0 Å². The number of halogens is 4. The molecule has 0 atom stereocenters. The van der Waals surface area contributed by atoms with Gasteiger partial charge in [-0.2, -0.15) is 13.2 Å². The van der Waals surface area contributed by atoms with Crippen molar-refractivity contribution in [3.63, 3.8) is 0 Å². The molecule has 0 radical (unpaired) electrons. The molecule has 80 valence electrons. The van der Waals surface area contributed by atoms with Crippen LogP contribution in [-0.4, -0.2) is 16.9 Å². The van der Waals surface area contributed by atoms with Crippen LogP contribution in [0, 0.1) is 0 Å². The summed E-state index contributed by atoms with van der Waals surface area (Å²) in [7, 11) is 0. The van der Waals surface area contributed by atoms with Gasteiger partial charge in [0, 0.05) is 22.4 Å². The highest BCUT2D eigenvalue weighted by Crippen LogP contribution is 2.27. The van der Waals surface area contributed by atoms with Gasteiger partial charge in [0.05, 0.1) is 5.57 Å². The molecule has 15 heavy (non-hydrogen) atoms. The molecule has 0 saturated carbocycles. The van der Waals surface area contributed by atoms with E-state index in [-0.39, 0.29) is 5.56 Å². The predicted molar refractivity (Wildman–Crippen MR) is 51.5 cm³/mol. The summed E-state index contributed by atoms with van der Waals surface area (Å²) in [5, 5.41) is 0. The van der Waals surface area contributed by atoms with E-state index in [1.807, 2.05) is 0 Å². The monoisotopic (exact) mass is 279 g/mol. The highest BCUT2D eigenvalue weighted by molar-refractivity contribution is 9.10. The van der Waals surface area contributed by atoms with Crippen LogP contribution < -0.4 is 0 Å². The van der Waals surface area contributed by atoms with Gasteiger partial charge in [-0.1, -0.05) is 6.58 Å². The van der Waals surface area contributed by atoms with Crippen LogP contribution >= 0.6 is 15.9 Å². The van der Waals surface area contributed by atoms with Gasteiger partial charge in [0.2, 0.25) is 0 Å². The van der Waals surface area contributed by atoms with E-state index in [0.717, 1.165) is 6.20 Å². The summed E-state index contributed by atoms with van der Waals surface area (Å²) in [5.41, 5.74) is -1.55. The first-order valence-corrected chi connectivity index (χ1v) is 4.53. The molecular formula is C9H5BrF3NO. The highest BCUT2D eigenvalue weighted by atomic mass is 79.9. The smallest absolute Gasteiger partial charge is 0.289 e. The number of pyridine rings is 1. The van der Waals surface area contributed by atoms with Crippen LogP contribution in [0.5, 0.6) is 0 Å². The molecular weight excluding hydrogens is 275 g/mol. The number of rotatable bonds is 2. The van der Waals surface area contributed by atoms with Crippen LogP contribution in [0.2, 0.25) is 0 Å². The average Bonchev–Trinajstić information content (AvgIpc) is 2.14. The highest BCUT2D eigenvalue weighted by Gasteiger charge is 2.37. The fraction of sp³-hybridized carbons (Fsp3) is 0.111. The standard InChI is InChI=1S/C9H5BrF3NO/c1-5(9(11,12)13)8(15)6-2-7(10)4-14-3-6/h2-4H,1H2. The van der Waals surface area contributed by atoms with E-state index >= 15 is 0 Å². The molecule has 0 amide bonds. The molecule has 0 bridgehead atoms. The molecule has 0 fully saturated rings. The lowest BCUT2D eigenvalue weighted by Gasteiger charge is -2.08. The summed E-state index contributed by atoms with van der Waals surface area (Å²) in [6, 6.07) is 1.26. The van der Waals surface area contributed by atoms with E-state index in [1.165, 1.54) is 12.3 Å². The van der Waals surface area contributed by atoms with Crippen molar-refractivity contribution in [1.29, 1.82) is 0 Å². The van der Waals surface area contributed by atoms with Crippen LogP contribution in [0.1, 0.15) is 10.4 Å². The summed E-state index contributed by atoms with van der Waals surface area (Å²) in [4.78, 5) is 14.9. The van der Waals surface area contributed by atoms with Gasteiger partial charge in [0.15, 0.2) is 5.78 Å².